The summed E-state index contributed by atoms with van der Waals surface area (Å²) in [6, 6.07) is 10.2. The molecule has 0 unspecified atom stereocenters. The van der Waals surface area contributed by atoms with Crippen LogP contribution in [0.4, 0.5) is 5.82 Å². The second-order valence-electron chi connectivity index (χ2n) is 4.03. The van der Waals surface area contributed by atoms with Crippen molar-refractivity contribution in [2.75, 3.05) is 18.5 Å². The number of hydrogen-bond acceptors (Lipinski definition) is 3. The second kappa shape index (κ2) is 5.82. The monoisotopic (exact) mass is 307 g/mol. The summed E-state index contributed by atoms with van der Waals surface area (Å²) in [5.41, 5.74) is 1.11. The molecule has 1 aromatic carbocycles. The number of aromatic amines is 1. The summed E-state index contributed by atoms with van der Waals surface area (Å²) < 4.78 is 0.473. The van der Waals surface area contributed by atoms with Gasteiger partial charge in [0.1, 0.15) is 10.3 Å². The zero-order valence-corrected chi connectivity index (χ0v) is 11.6. The average molecular weight is 308 g/mol. The van der Waals surface area contributed by atoms with Gasteiger partial charge in [0.05, 0.1) is 6.33 Å². The largest absolute Gasteiger partial charge is 0.358 e. The summed E-state index contributed by atoms with van der Waals surface area (Å²) in [7, 11) is 1.93. The molecule has 0 aliphatic heterocycles. The topological polar surface area (TPSA) is 49.0 Å². The van der Waals surface area contributed by atoms with Crippen molar-refractivity contribution in [3.05, 3.63) is 57.0 Å². The Morgan fingerprint density at radius 1 is 1.33 bits per heavy atom. The second-order valence-corrected chi connectivity index (χ2v) is 4.82. The van der Waals surface area contributed by atoms with E-state index in [1.165, 1.54) is 11.9 Å². The quantitative estimate of drug-likeness (QED) is 0.942. The van der Waals surface area contributed by atoms with Gasteiger partial charge in [-0.25, -0.2) is 4.98 Å². The van der Waals surface area contributed by atoms with Crippen molar-refractivity contribution >= 4 is 21.7 Å². The van der Waals surface area contributed by atoms with Crippen molar-refractivity contribution in [2.45, 2.75) is 6.42 Å². The number of anilines is 1. The fourth-order valence-corrected chi connectivity index (χ4v) is 2.21. The number of aromatic nitrogens is 2. The Kier molecular flexibility index (Phi) is 4.15. The fourth-order valence-electron chi connectivity index (χ4n) is 1.69. The molecule has 1 aromatic heterocycles. The Balaban J connectivity index is 2.06. The summed E-state index contributed by atoms with van der Waals surface area (Å²) in [5.74, 6) is 0.662. The van der Waals surface area contributed by atoms with Crippen molar-refractivity contribution < 1.29 is 0 Å². The molecule has 5 heteroatoms. The summed E-state index contributed by atoms with van der Waals surface area (Å²) in [5, 5.41) is 0. The predicted octanol–water partition coefficient (Wildman–Crippen LogP) is 2.21. The minimum absolute atomic E-state index is 0.161. The van der Waals surface area contributed by atoms with Crippen LogP contribution in [0.15, 0.2) is 45.9 Å². The van der Waals surface area contributed by atoms with Gasteiger partial charge in [-0.2, -0.15) is 0 Å². The number of rotatable bonds is 4. The van der Waals surface area contributed by atoms with E-state index < -0.39 is 0 Å². The number of halogens is 1. The van der Waals surface area contributed by atoms with E-state index in [4.69, 9.17) is 0 Å². The maximum absolute atomic E-state index is 11.4. The number of H-pyrrole nitrogens is 1. The first-order valence-electron chi connectivity index (χ1n) is 5.66. The van der Waals surface area contributed by atoms with Crippen LogP contribution in [0.3, 0.4) is 0 Å². The molecular weight excluding hydrogens is 294 g/mol. The molecule has 0 amide bonds. The predicted molar refractivity (Wildman–Crippen MR) is 76.0 cm³/mol. The highest BCUT2D eigenvalue weighted by atomic mass is 79.9. The Bertz CT molecular complexity index is 568. The van der Waals surface area contributed by atoms with Crippen LogP contribution in [0.2, 0.25) is 0 Å². The van der Waals surface area contributed by atoms with Crippen molar-refractivity contribution in [3.8, 4) is 0 Å². The van der Waals surface area contributed by atoms with Gasteiger partial charge in [0, 0.05) is 13.6 Å². The van der Waals surface area contributed by atoms with Crippen molar-refractivity contribution in [1.82, 2.24) is 9.97 Å². The normalized spacial score (nSPS) is 10.3. The maximum atomic E-state index is 11.4. The van der Waals surface area contributed by atoms with Gasteiger partial charge in [-0.05, 0) is 27.9 Å². The summed E-state index contributed by atoms with van der Waals surface area (Å²) >= 11 is 3.26. The molecule has 0 aliphatic carbocycles. The molecule has 2 rings (SSSR count). The number of nitrogens with zero attached hydrogens (tertiary/aromatic N) is 2. The van der Waals surface area contributed by atoms with Crippen LogP contribution < -0.4 is 10.5 Å². The SMILES string of the molecule is CN(CCc1ccccc1)c1nc[nH]c(=O)c1Br. The summed E-state index contributed by atoms with van der Waals surface area (Å²) in [6.07, 6.45) is 2.33. The zero-order chi connectivity index (χ0) is 13.0. The van der Waals surface area contributed by atoms with Gasteiger partial charge < -0.3 is 9.88 Å². The third kappa shape index (κ3) is 2.98. The van der Waals surface area contributed by atoms with E-state index in [2.05, 4.69) is 38.0 Å². The molecule has 1 N–H and O–H groups in total. The number of hydrogen-bond donors (Lipinski definition) is 1. The Labute approximate surface area is 114 Å². The molecule has 0 saturated carbocycles. The first-order valence-corrected chi connectivity index (χ1v) is 6.46. The van der Waals surface area contributed by atoms with Crippen molar-refractivity contribution in [3.63, 3.8) is 0 Å². The zero-order valence-electron chi connectivity index (χ0n) is 10.1. The van der Waals surface area contributed by atoms with E-state index in [1.807, 2.05) is 30.1 Å². The Morgan fingerprint density at radius 2 is 2.06 bits per heavy atom. The van der Waals surface area contributed by atoms with Crippen molar-refractivity contribution in [1.29, 1.82) is 0 Å². The number of benzene rings is 1. The lowest BCUT2D eigenvalue weighted by atomic mass is 10.1. The molecule has 0 saturated heterocycles. The number of likely N-dealkylation sites (N-methyl/N-ethyl adjacent to an activating group) is 1. The van der Waals surface area contributed by atoms with E-state index in [9.17, 15) is 4.79 Å². The fraction of sp³-hybridized carbons (Fsp3) is 0.231. The lowest BCUT2D eigenvalue weighted by Gasteiger charge is -2.18. The average Bonchev–Trinajstić information content (AvgIpc) is 2.40. The van der Waals surface area contributed by atoms with E-state index in [-0.39, 0.29) is 5.56 Å². The molecular formula is C13H14BrN3O. The van der Waals surface area contributed by atoms with Crippen LogP contribution in [0.5, 0.6) is 0 Å². The third-order valence-electron chi connectivity index (χ3n) is 2.72. The molecule has 0 fully saturated rings. The van der Waals surface area contributed by atoms with Gasteiger partial charge in [-0.15, -0.1) is 0 Å². The Hall–Kier alpha value is -1.62. The molecule has 0 radical (unpaired) electrons. The van der Waals surface area contributed by atoms with Crippen molar-refractivity contribution in [2.24, 2.45) is 0 Å². The van der Waals surface area contributed by atoms with E-state index in [0.29, 0.717) is 10.3 Å². The van der Waals surface area contributed by atoms with E-state index in [1.54, 1.807) is 0 Å². The minimum Gasteiger partial charge on any atom is -0.358 e. The van der Waals surface area contributed by atoms with Crippen LogP contribution in [0.1, 0.15) is 5.56 Å². The first-order chi connectivity index (χ1) is 8.68. The van der Waals surface area contributed by atoms with Gasteiger partial charge in [-0.1, -0.05) is 30.3 Å². The van der Waals surface area contributed by atoms with Gasteiger partial charge in [0.25, 0.3) is 5.56 Å². The summed E-state index contributed by atoms with van der Waals surface area (Å²) in [4.78, 5) is 20.1. The molecule has 1 heterocycles. The molecule has 4 nitrogen and oxygen atoms in total. The van der Waals surface area contributed by atoms with Gasteiger partial charge >= 0.3 is 0 Å². The Morgan fingerprint density at radius 3 is 2.78 bits per heavy atom. The lowest BCUT2D eigenvalue weighted by Crippen LogP contribution is -2.24. The molecule has 2 aromatic rings. The van der Waals surface area contributed by atoms with Crippen LogP contribution in [0.25, 0.3) is 0 Å². The lowest BCUT2D eigenvalue weighted by molar-refractivity contribution is 0.849. The summed E-state index contributed by atoms with van der Waals surface area (Å²) in [6.45, 7) is 0.805. The van der Waals surface area contributed by atoms with Crippen LogP contribution >= 0.6 is 15.9 Å². The number of nitrogens with one attached hydrogen (secondary N) is 1. The van der Waals surface area contributed by atoms with Gasteiger partial charge in [0.15, 0.2) is 0 Å². The minimum atomic E-state index is -0.161. The van der Waals surface area contributed by atoms with Crippen LogP contribution in [0, 0.1) is 0 Å². The van der Waals surface area contributed by atoms with E-state index in [0.717, 1.165) is 13.0 Å². The van der Waals surface area contributed by atoms with Gasteiger partial charge in [0.2, 0.25) is 0 Å². The smallest absolute Gasteiger partial charge is 0.267 e. The first kappa shape index (κ1) is 12.8. The maximum Gasteiger partial charge on any atom is 0.267 e. The standard InChI is InChI=1S/C13H14BrN3O/c1-17(8-7-10-5-3-2-4-6-10)12-11(14)13(18)16-9-15-12/h2-6,9H,7-8H2,1H3,(H,15,16,18). The third-order valence-corrected chi connectivity index (χ3v) is 3.43. The van der Waals surface area contributed by atoms with E-state index >= 15 is 0 Å². The molecule has 0 spiro atoms. The van der Waals surface area contributed by atoms with Crippen LogP contribution in [-0.4, -0.2) is 23.6 Å². The van der Waals surface area contributed by atoms with Gasteiger partial charge in [-0.3, -0.25) is 4.79 Å². The highest BCUT2D eigenvalue weighted by Crippen LogP contribution is 2.17. The molecule has 0 aliphatic rings. The highest BCUT2D eigenvalue weighted by molar-refractivity contribution is 9.10. The molecule has 0 bridgehead atoms. The van der Waals surface area contributed by atoms with Crippen LogP contribution in [-0.2, 0) is 6.42 Å². The highest BCUT2D eigenvalue weighted by Gasteiger charge is 2.09. The molecule has 94 valence electrons. The molecule has 18 heavy (non-hydrogen) atoms. The molecule has 0 atom stereocenters.